The van der Waals surface area contributed by atoms with Crippen LogP contribution in [0.25, 0.3) is 0 Å². The number of allylic oxidation sites excluding steroid dienone is 1. The molecule has 0 aromatic heterocycles. The Morgan fingerprint density at radius 2 is 1.46 bits per heavy atom. The molecular weight excluding hydrogens is 304 g/mol. The third kappa shape index (κ3) is 5.64. The number of hydrogen-bond acceptors (Lipinski definition) is 4. The Hall–Kier alpha value is -1.32. The Bertz CT molecular complexity index is 443. The van der Waals surface area contributed by atoms with Gasteiger partial charge in [0, 0.05) is 0 Å². The molecule has 0 N–H and O–H groups in total. The summed E-state index contributed by atoms with van der Waals surface area (Å²) in [6.07, 6.45) is 6.83. The maximum absolute atomic E-state index is 12.6. The van der Waals surface area contributed by atoms with Crippen LogP contribution in [-0.4, -0.2) is 24.1 Å². The first kappa shape index (κ1) is 20.7. The van der Waals surface area contributed by atoms with Crippen LogP contribution in [0.2, 0.25) is 0 Å². The standard InChI is InChI=1S/C20H34O4/c1-7-13(3)15(5)23-19(21)17-11-9-10-12-18(17)20(22)24-16(6)14(4)8-2/h9,11,13-18H,7-8,10,12H2,1-6H3. The summed E-state index contributed by atoms with van der Waals surface area (Å²) in [7, 11) is 0. The molecular formula is C20H34O4. The fraction of sp³-hybridized carbons (Fsp3) is 0.800. The first-order valence-corrected chi connectivity index (χ1v) is 9.39. The maximum Gasteiger partial charge on any atom is 0.313 e. The van der Waals surface area contributed by atoms with E-state index in [9.17, 15) is 9.59 Å². The van der Waals surface area contributed by atoms with E-state index in [0.717, 1.165) is 19.3 Å². The van der Waals surface area contributed by atoms with Gasteiger partial charge in [-0.05, 0) is 38.5 Å². The van der Waals surface area contributed by atoms with Crippen LogP contribution in [-0.2, 0) is 19.1 Å². The van der Waals surface area contributed by atoms with E-state index in [1.54, 1.807) is 0 Å². The molecule has 0 fully saturated rings. The topological polar surface area (TPSA) is 52.6 Å². The minimum Gasteiger partial charge on any atom is -0.462 e. The Morgan fingerprint density at radius 1 is 0.958 bits per heavy atom. The normalized spacial score (nSPS) is 25.4. The fourth-order valence-electron chi connectivity index (χ4n) is 2.77. The summed E-state index contributed by atoms with van der Waals surface area (Å²) in [5.74, 6) is -0.927. The van der Waals surface area contributed by atoms with Gasteiger partial charge in [-0.1, -0.05) is 52.7 Å². The molecule has 138 valence electrons. The quantitative estimate of drug-likeness (QED) is 0.482. The highest BCUT2D eigenvalue weighted by Gasteiger charge is 2.37. The second-order valence-electron chi connectivity index (χ2n) is 7.19. The molecule has 4 nitrogen and oxygen atoms in total. The third-order valence-electron chi connectivity index (χ3n) is 5.49. The van der Waals surface area contributed by atoms with E-state index in [2.05, 4.69) is 27.7 Å². The highest BCUT2D eigenvalue weighted by molar-refractivity contribution is 5.84. The van der Waals surface area contributed by atoms with E-state index in [-0.39, 0.29) is 24.1 Å². The van der Waals surface area contributed by atoms with Gasteiger partial charge in [0.2, 0.25) is 0 Å². The molecule has 1 rings (SSSR count). The molecule has 0 bridgehead atoms. The molecule has 0 aromatic carbocycles. The zero-order chi connectivity index (χ0) is 18.3. The van der Waals surface area contributed by atoms with Crippen LogP contribution < -0.4 is 0 Å². The Labute approximate surface area is 147 Å². The zero-order valence-corrected chi connectivity index (χ0v) is 16.1. The second-order valence-corrected chi connectivity index (χ2v) is 7.19. The predicted octanol–water partition coefficient (Wildman–Crippen LogP) is 4.52. The highest BCUT2D eigenvalue weighted by Crippen LogP contribution is 2.29. The lowest BCUT2D eigenvalue weighted by Crippen LogP contribution is -2.37. The average Bonchev–Trinajstić information content (AvgIpc) is 2.59. The predicted molar refractivity (Wildman–Crippen MR) is 95.4 cm³/mol. The van der Waals surface area contributed by atoms with Gasteiger partial charge < -0.3 is 9.47 Å². The Balaban J connectivity index is 2.73. The maximum atomic E-state index is 12.6. The van der Waals surface area contributed by atoms with Crippen molar-refractivity contribution in [3.05, 3.63) is 12.2 Å². The average molecular weight is 338 g/mol. The van der Waals surface area contributed by atoms with Crippen molar-refractivity contribution in [3.63, 3.8) is 0 Å². The van der Waals surface area contributed by atoms with E-state index in [0.29, 0.717) is 18.3 Å². The highest BCUT2D eigenvalue weighted by atomic mass is 16.6. The molecule has 4 heteroatoms. The lowest BCUT2D eigenvalue weighted by atomic mass is 9.83. The summed E-state index contributed by atoms with van der Waals surface area (Å²) in [6.45, 7) is 12.1. The van der Waals surface area contributed by atoms with Crippen molar-refractivity contribution in [2.45, 2.75) is 79.4 Å². The van der Waals surface area contributed by atoms with Gasteiger partial charge in [0.1, 0.15) is 12.2 Å². The third-order valence-corrected chi connectivity index (χ3v) is 5.49. The zero-order valence-electron chi connectivity index (χ0n) is 16.1. The molecule has 0 amide bonds. The minimum absolute atomic E-state index is 0.135. The van der Waals surface area contributed by atoms with E-state index in [1.807, 2.05) is 26.0 Å². The number of hydrogen-bond donors (Lipinski definition) is 0. The summed E-state index contributed by atoms with van der Waals surface area (Å²) >= 11 is 0. The van der Waals surface area contributed by atoms with E-state index >= 15 is 0 Å². The first-order valence-electron chi connectivity index (χ1n) is 9.39. The number of carbonyl (C=O) groups is 2. The fourth-order valence-corrected chi connectivity index (χ4v) is 2.77. The number of carbonyl (C=O) groups excluding carboxylic acids is 2. The molecule has 0 saturated heterocycles. The molecule has 1 aliphatic rings. The lowest BCUT2D eigenvalue weighted by molar-refractivity contribution is -0.167. The molecule has 0 aromatic rings. The molecule has 0 saturated carbocycles. The van der Waals surface area contributed by atoms with Crippen molar-refractivity contribution in [2.75, 3.05) is 0 Å². The molecule has 6 atom stereocenters. The van der Waals surface area contributed by atoms with Crippen LogP contribution in [0.5, 0.6) is 0 Å². The van der Waals surface area contributed by atoms with Gasteiger partial charge in [-0.2, -0.15) is 0 Å². The van der Waals surface area contributed by atoms with Crippen LogP contribution >= 0.6 is 0 Å². The van der Waals surface area contributed by atoms with E-state index < -0.39 is 11.8 Å². The van der Waals surface area contributed by atoms with Crippen LogP contribution in [0.3, 0.4) is 0 Å². The van der Waals surface area contributed by atoms with Gasteiger partial charge in [-0.3, -0.25) is 9.59 Å². The van der Waals surface area contributed by atoms with Crippen molar-refractivity contribution in [1.82, 2.24) is 0 Å². The van der Waals surface area contributed by atoms with Gasteiger partial charge in [-0.25, -0.2) is 0 Å². The SMILES string of the molecule is CCC(C)C(C)OC(=O)C1C=CCCC1C(=O)OC(C)C(C)CC. The van der Waals surface area contributed by atoms with Crippen LogP contribution in [0.1, 0.15) is 67.2 Å². The summed E-state index contributed by atoms with van der Waals surface area (Å²) in [4.78, 5) is 25.1. The van der Waals surface area contributed by atoms with Gasteiger partial charge in [0.25, 0.3) is 0 Å². The van der Waals surface area contributed by atoms with Crippen molar-refractivity contribution in [3.8, 4) is 0 Å². The second kappa shape index (κ2) is 9.85. The number of esters is 2. The van der Waals surface area contributed by atoms with Crippen molar-refractivity contribution in [1.29, 1.82) is 0 Å². The molecule has 0 spiro atoms. The summed E-state index contributed by atoms with van der Waals surface area (Å²) in [5, 5.41) is 0. The first-order chi connectivity index (χ1) is 11.3. The van der Waals surface area contributed by atoms with E-state index in [4.69, 9.17) is 9.47 Å². The van der Waals surface area contributed by atoms with Gasteiger partial charge in [-0.15, -0.1) is 0 Å². The number of rotatable bonds is 8. The molecule has 24 heavy (non-hydrogen) atoms. The summed E-state index contributed by atoms with van der Waals surface area (Å²) in [6, 6.07) is 0. The van der Waals surface area contributed by atoms with Gasteiger partial charge in [0.15, 0.2) is 0 Å². The van der Waals surface area contributed by atoms with Crippen molar-refractivity contribution >= 4 is 11.9 Å². The van der Waals surface area contributed by atoms with Gasteiger partial charge >= 0.3 is 11.9 Å². The number of ether oxygens (including phenoxy) is 2. The van der Waals surface area contributed by atoms with Crippen LogP contribution in [0, 0.1) is 23.7 Å². The molecule has 0 heterocycles. The molecule has 1 aliphatic carbocycles. The van der Waals surface area contributed by atoms with Gasteiger partial charge in [0.05, 0.1) is 11.8 Å². The van der Waals surface area contributed by atoms with Crippen LogP contribution in [0.4, 0.5) is 0 Å². The lowest BCUT2D eigenvalue weighted by Gasteiger charge is -2.29. The summed E-state index contributed by atoms with van der Waals surface area (Å²) < 4.78 is 11.2. The van der Waals surface area contributed by atoms with Crippen molar-refractivity contribution < 1.29 is 19.1 Å². The largest absolute Gasteiger partial charge is 0.462 e. The Morgan fingerprint density at radius 3 is 1.96 bits per heavy atom. The molecule has 0 aliphatic heterocycles. The van der Waals surface area contributed by atoms with E-state index in [1.165, 1.54) is 0 Å². The Kier molecular flexibility index (Phi) is 8.51. The van der Waals surface area contributed by atoms with Crippen molar-refractivity contribution in [2.24, 2.45) is 23.7 Å². The monoisotopic (exact) mass is 338 g/mol. The summed E-state index contributed by atoms with van der Waals surface area (Å²) in [5.41, 5.74) is 0. The molecule has 0 radical (unpaired) electrons. The minimum atomic E-state index is -0.526. The smallest absolute Gasteiger partial charge is 0.313 e. The molecule has 6 unspecified atom stereocenters. The van der Waals surface area contributed by atoms with Crippen LogP contribution in [0.15, 0.2) is 12.2 Å².